The molecule has 0 fully saturated rings. The fourth-order valence-electron chi connectivity index (χ4n) is 0.458. The van der Waals surface area contributed by atoms with E-state index in [2.05, 4.69) is 16.1 Å². The van der Waals surface area contributed by atoms with E-state index in [1.165, 1.54) is 6.92 Å². The smallest absolute Gasteiger partial charge is 0.330 e. The summed E-state index contributed by atoms with van der Waals surface area (Å²) in [4.78, 5) is 21.2. The summed E-state index contributed by atoms with van der Waals surface area (Å²) in [5.74, 6) is -1.08. The molecule has 0 N–H and O–H groups in total. The Morgan fingerprint density at radius 1 is 1.46 bits per heavy atom. The van der Waals surface area contributed by atoms with Crippen molar-refractivity contribution in [1.29, 1.82) is 0 Å². The number of alkyl halides is 1. The Balaban J connectivity index is 3.41. The van der Waals surface area contributed by atoms with Gasteiger partial charge in [0.05, 0.1) is 0 Å². The molecule has 0 saturated carbocycles. The van der Waals surface area contributed by atoms with Crippen LogP contribution in [-0.4, -0.2) is 30.5 Å². The van der Waals surface area contributed by atoms with Gasteiger partial charge in [-0.25, -0.2) is 4.79 Å². The van der Waals surface area contributed by atoms with Gasteiger partial charge in [-0.1, -0.05) is 6.58 Å². The molecule has 0 bridgehead atoms. The summed E-state index contributed by atoms with van der Waals surface area (Å²) in [6.07, 6.45) is 1.03. The molecule has 4 nitrogen and oxygen atoms in total. The van der Waals surface area contributed by atoms with Crippen LogP contribution < -0.4 is 0 Å². The number of carbonyl (C=O) groups excluding carboxylic acids is 2. The second-order valence-corrected chi connectivity index (χ2v) is 2.81. The maximum absolute atomic E-state index is 10.7. The summed E-state index contributed by atoms with van der Waals surface area (Å²) in [6.45, 7) is 4.72. The van der Waals surface area contributed by atoms with Gasteiger partial charge < -0.3 is 9.47 Å². The Labute approximate surface area is 81.5 Å². The molecule has 0 aromatic heterocycles. The van der Waals surface area contributed by atoms with Crippen LogP contribution >= 0.6 is 11.6 Å². The second kappa shape index (κ2) is 6.48. The van der Waals surface area contributed by atoms with Crippen molar-refractivity contribution < 1.29 is 19.1 Å². The monoisotopic (exact) mass is 206 g/mol. The quantitative estimate of drug-likeness (QED) is 0.290. The van der Waals surface area contributed by atoms with Crippen LogP contribution in [0.3, 0.4) is 0 Å². The Kier molecular flexibility index (Phi) is 5.97. The number of ether oxygens (including phenoxy) is 2. The van der Waals surface area contributed by atoms with Gasteiger partial charge in [0.2, 0.25) is 0 Å². The summed E-state index contributed by atoms with van der Waals surface area (Å²) in [5, 5.41) is -0.685. The van der Waals surface area contributed by atoms with Gasteiger partial charge in [-0.2, -0.15) is 0 Å². The first-order valence-electron chi connectivity index (χ1n) is 3.68. The molecule has 0 saturated heterocycles. The highest BCUT2D eigenvalue weighted by atomic mass is 35.5. The Morgan fingerprint density at radius 2 is 2.00 bits per heavy atom. The van der Waals surface area contributed by atoms with Crippen molar-refractivity contribution >= 4 is 23.5 Å². The number of hydrogen-bond acceptors (Lipinski definition) is 4. The lowest BCUT2D eigenvalue weighted by molar-refractivity contribution is -0.149. The average molecular weight is 207 g/mol. The number of esters is 2. The summed E-state index contributed by atoms with van der Waals surface area (Å²) < 4.78 is 9.16. The van der Waals surface area contributed by atoms with Gasteiger partial charge in [-0.3, -0.25) is 4.79 Å². The molecular weight excluding hydrogens is 196 g/mol. The summed E-state index contributed by atoms with van der Waals surface area (Å²) in [7, 11) is 0. The Bertz CT molecular complexity index is 200. The summed E-state index contributed by atoms with van der Waals surface area (Å²) >= 11 is 5.40. The van der Waals surface area contributed by atoms with E-state index in [1.54, 1.807) is 0 Å². The standard InChI is InChI=1S/C8H11ClO4/c1-3-7(10)12-4-5-13-8(11)6(2)9/h3,6H,1,4-5H2,2H3. The van der Waals surface area contributed by atoms with Gasteiger partial charge in [-0.15, -0.1) is 11.6 Å². The zero-order valence-corrected chi connectivity index (χ0v) is 8.04. The maximum Gasteiger partial charge on any atom is 0.330 e. The molecule has 0 aromatic rings. The molecule has 0 aliphatic rings. The van der Waals surface area contributed by atoms with Gasteiger partial charge in [0.15, 0.2) is 0 Å². The molecule has 1 atom stereocenters. The molecule has 0 aromatic carbocycles. The Morgan fingerprint density at radius 3 is 2.46 bits per heavy atom. The van der Waals surface area contributed by atoms with E-state index in [9.17, 15) is 9.59 Å². The van der Waals surface area contributed by atoms with Gasteiger partial charge in [0.1, 0.15) is 18.6 Å². The van der Waals surface area contributed by atoms with E-state index in [0.29, 0.717) is 0 Å². The maximum atomic E-state index is 10.7. The molecule has 0 spiro atoms. The van der Waals surface area contributed by atoms with Crippen molar-refractivity contribution in [1.82, 2.24) is 0 Å². The fraction of sp³-hybridized carbons (Fsp3) is 0.500. The molecule has 0 aliphatic carbocycles. The minimum atomic E-state index is -0.685. The normalized spacial score (nSPS) is 11.5. The third-order valence-corrected chi connectivity index (χ3v) is 1.24. The fourth-order valence-corrected chi connectivity index (χ4v) is 0.521. The van der Waals surface area contributed by atoms with Crippen molar-refractivity contribution in [2.75, 3.05) is 13.2 Å². The topological polar surface area (TPSA) is 52.6 Å². The van der Waals surface area contributed by atoms with E-state index in [1.807, 2.05) is 0 Å². The van der Waals surface area contributed by atoms with Crippen molar-refractivity contribution in [2.24, 2.45) is 0 Å². The van der Waals surface area contributed by atoms with Gasteiger partial charge in [-0.05, 0) is 6.92 Å². The zero-order chi connectivity index (χ0) is 10.3. The van der Waals surface area contributed by atoms with Crippen LogP contribution in [-0.2, 0) is 19.1 Å². The third-order valence-electron chi connectivity index (χ3n) is 1.06. The van der Waals surface area contributed by atoms with Crippen LogP contribution in [0.15, 0.2) is 12.7 Å². The van der Waals surface area contributed by atoms with E-state index in [4.69, 9.17) is 11.6 Å². The number of rotatable bonds is 5. The highest BCUT2D eigenvalue weighted by molar-refractivity contribution is 6.29. The molecule has 1 unspecified atom stereocenters. The van der Waals surface area contributed by atoms with E-state index >= 15 is 0 Å². The predicted octanol–water partition coefficient (Wildman–Crippen LogP) is 0.886. The van der Waals surface area contributed by atoms with Crippen LogP contribution in [0.1, 0.15) is 6.92 Å². The number of halogens is 1. The van der Waals surface area contributed by atoms with Crippen LogP contribution in [0.2, 0.25) is 0 Å². The van der Waals surface area contributed by atoms with Crippen LogP contribution in [0.25, 0.3) is 0 Å². The summed E-state index contributed by atoms with van der Waals surface area (Å²) in [5.41, 5.74) is 0. The van der Waals surface area contributed by atoms with Crippen molar-refractivity contribution in [2.45, 2.75) is 12.3 Å². The van der Waals surface area contributed by atoms with Crippen LogP contribution in [0.5, 0.6) is 0 Å². The zero-order valence-electron chi connectivity index (χ0n) is 7.29. The lowest BCUT2D eigenvalue weighted by Gasteiger charge is -2.05. The molecule has 0 radical (unpaired) electrons. The molecule has 5 heteroatoms. The highest BCUT2D eigenvalue weighted by Crippen LogP contribution is 1.96. The van der Waals surface area contributed by atoms with E-state index in [-0.39, 0.29) is 13.2 Å². The van der Waals surface area contributed by atoms with Gasteiger partial charge in [0, 0.05) is 6.08 Å². The lowest BCUT2D eigenvalue weighted by Crippen LogP contribution is -2.18. The molecule has 74 valence electrons. The van der Waals surface area contributed by atoms with Gasteiger partial charge >= 0.3 is 11.9 Å². The predicted molar refractivity (Wildman–Crippen MR) is 47.4 cm³/mol. The van der Waals surface area contributed by atoms with Gasteiger partial charge in [0.25, 0.3) is 0 Å². The molecule has 0 aliphatic heterocycles. The first kappa shape index (κ1) is 12.0. The van der Waals surface area contributed by atoms with Crippen molar-refractivity contribution in [3.8, 4) is 0 Å². The number of hydrogen-bond donors (Lipinski definition) is 0. The second-order valence-electron chi connectivity index (χ2n) is 2.16. The van der Waals surface area contributed by atoms with Crippen LogP contribution in [0.4, 0.5) is 0 Å². The number of carbonyl (C=O) groups is 2. The highest BCUT2D eigenvalue weighted by Gasteiger charge is 2.09. The van der Waals surface area contributed by atoms with Crippen LogP contribution in [0, 0.1) is 0 Å². The summed E-state index contributed by atoms with van der Waals surface area (Å²) in [6, 6.07) is 0. The Hall–Kier alpha value is -1.03. The molecule has 13 heavy (non-hydrogen) atoms. The first-order chi connectivity index (χ1) is 6.07. The van der Waals surface area contributed by atoms with E-state index in [0.717, 1.165) is 6.08 Å². The molecule has 0 amide bonds. The largest absolute Gasteiger partial charge is 0.461 e. The van der Waals surface area contributed by atoms with E-state index < -0.39 is 17.3 Å². The first-order valence-corrected chi connectivity index (χ1v) is 4.11. The molecular formula is C8H11ClO4. The van der Waals surface area contributed by atoms with Crippen molar-refractivity contribution in [3.05, 3.63) is 12.7 Å². The van der Waals surface area contributed by atoms with Crippen molar-refractivity contribution in [3.63, 3.8) is 0 Å². The minimum Gasteiger partial charge on any atom is -0.461 e. The third kappa shape index (κ3) is 6.16. The average Bonchev–Trinajstić information content (AvgIpc) is 2.11. The molecule has 0 heterocycles. The SMILES string of the molecule is C=CC(=O)OCCOC(=O)C(C)Cl. The minimum absolute atomic E-state index is 0.00940. The molecule has 0 rings (SSSR count). The lowest BCUT2D eigenvalue weighted by atomic mass is 10.5.